The van der Waals surface area contributed by atoms with Crippen molar-refractivity contribution < 1.29 is 39.5 Å². The molecule has 0 aliphatic heterocycles. The van der Waals surface area contributed by atoms with Crippen LogP contribution in [0.4, 0.5) is 0 Å². The van der Waals surface area contributed by atoms with Crippen LogP contribution in [0.3, 0.4) is 0 Å². The lowest BCUT2D eigenvalue weighted by Crippen LogP contribution is -2.28. The Balaban J connectivity index is 2.30. The number of unbranched alkanes of at least 4 members (excludes halogenated alkanes) is 7. The minimum Gasteiger partial charge on any atom is -0.462 e. The molecule has 0 aromatic heterocycles. The lowest BCUT2D eigenvalue weighted by atomic mass is 9.89. The van der Waals surface area contributed by atoms with Crippen LogP contribution in [0.2, 0.25) is 0 Å². The van der Waals surface area contributed by atoms with Crippen molar-refractivity contribution in [3.05, 3.63) is 24.3 Å². The molecule has 6 atom stereocenters. The molecule has 4 N–H and O–H groups in total. The summed E-state index contributed by atoms with van der Waals surface area (Å²) in [5, 5.41) is 40.4. The normalized spacial score (nSPS) is 22.9. The van der Waals surface area contributed by atoms with Crippen LogP contribution in [-0.2, 0) is 19.1 Å². The average molecular weight is 555 g/mol. The summed E-state index contributed by atoms with van der Waals surface area (Å²) >= 11 is 0. The third-order valence-corrected chi connectivity index (χ3v) is 7.32. The molecule has 0 amide bonds. The number of rotatable bonds is 22. The van der Waals surface area contributed by atoms with Crippen LogP contribution < -0.4 is 0 Å². The third kappa shape index (κ3) is 16.2. The molecule has 0 bridgehead atoms. The van der Waals surface area contributed by atoms with Crippen molar-refractivity contribution in [2.24, 2.45) is 11.8 Å². The van der Waals surface area contributed by atoms with E-state index in [1.165, 1.54) is 0 Å². The summed E-state index contributed by atoms with van der Waals surface area (Å²) in [6.07, 6.45) is 16.6. The molecule has 0 radical (unpaired) electrons. The number of ether oxygens (including phenoxy) is 2. The first-order valence-electron chi connectivity index (χ1n) is 15.2. The van der Waals surface area contributed by atoms with E-state index in [1.54, 1.807) is 6.08 Å². The van der Waals surface area contributed by atoms with Crippen molar-refractivity contribution >= 4 is 11.9 Å². The molecule has 0 aromatic rings. The van der Waals surface area contributed by atoms with Gasteiger partial charge in [-0.05, 0) is 38.0 Å². The maximum atomic E-state index is 12.1. The van der Waals surface area contributed by atoms with Crippen LogP contribution in [0.25, 0.3) is 0 Å². The van der Waals surface area contributed by atoms with Gasteiger partial charge in [-0.1, -0.05) is 83.1 Å². The Labute approximate surface area is 235 Å². The zero-order valence-corrected chi connectivity index (χ0v) is 24.2. The molecule has 1 rings (SSSR count). The standard InChI is InChI=1S/C31H54O8/c1-3-5-7-8-13-17-30(36)38-23-25(22-32)39-31(37)18-14-10-9-12-16-26-27(29(35)21-28(26)34)20-19-24(33)15-11-6-4-2/h9,12,19-20,24-29,32-35H,3-8,10-11,13-18,21-23H2,1-2H3/b12-9+,20-19+/t24-,25-,26+,27+,28-,29+/m0/s1. The van der Waals surface area contributed by atoms with Gasteiger partial charge in [0.1, 0.15) is 6.61 Å². The van der Waals surface area contributed by atoms with Crippen molar-refractivity contribution in [2.75, 3.05) is 13.2 Å². The quantitative estimate of drug-likeness (QED) is 0.0855. The lowest BCUT2D eigenvalue weighted by molar-refractivity contribution is -0.161. The van der Waals surface area contributed by atoms with E-state index in [1.807, 2.05) is 18.2 Å². The molecular formula is C31H54O8. The van der Waals surface area contributed by atoms with Gasteiger partial charge in [0.25, 0.3) is 0 Å². The van der Waals surface area contributed by atoms with E-state index in [9.17, 15) is 30.0 Å². The second-order valence-electron chi connectivity index (χ2n) is 10.8. The van der Waals surface area contributed by atoms with Gasteiger partial charge in [0.05, 0.1) is 24.9 Å². The van der Waals surface area contributed by atoms with Crippen LogP contribution in [-0.4, -0.2) is 70.0 Å². The number of hydrogen-bond donors (Lipinski definition) is 4. The predicted octanol–water partition coefficient (Wildman–Crippen LogP) is 4.77. The lowest BCUT2D eigenvalue weighted by Gasteiger charge is -2.19. The molecule has 0 heterocycles. The van der Waals surface area contributed by atoms with Crippen molar-refractivity contribution in [3.63, 3.8) is 0 Å². The summed E-state index contributed by atoms with van der Waals surface area (Å²) in [5.74, 6) is -1.11. The number of hydrogen-bond acceptors (Lipinski definition) is 8. The summed E-state index contributed by atoms with van der Waals surface area (Å²) in [4.78, 5) is 23.9. The van der Waals surface area contributed by atoms with Crippen molar-refractivity contribution in [3.8, 4) is 0 Å². The Morgan fingerprint density at radius 1 is 0.897 bits per heavy atom. The zero-order valence-electron chi connectivity index (χ0n) is 24.2. The van der Waals surface area contributed by atoms with Gasteiger partial charge in [0, 0.05) is 25.2 Å². The molecule has 1 fully saturated rings. The first kappa shape index (κ1) is 35.3. The fourth-order valence-corrected chi connectivity index (χ4v) is 4.90. The van der Waals surface area contributed by atoms with Gasteiger partial charge in [0.15, 0.2) is 6.10 Å². The van der Waals surface area contributed by atoms with Crippen LogP contribution in [0.1, 0.15) is 110 Å². The van der Waals surface area contributed by atoms with E-state index in [0.29, 0.717) is 38.5 Å². The Morgan fingerprint density at radius 2 is 1.59 bits per heavy atom. The SMILES string of the molecule is CCCCCCCC(=O)OC[C@H](CO)OC(=O)CCC/C=C/C[C@@H]1[C@@H](/C=C/[C@@H](O)CCCCC)[C@H](O)C[C@@H]1O. The maximum absolute atomic E-state index is 12.1. The van der Waals surface area contributed by atoms with Crippen LogP contribution >= 0.6 is 0 Å². The first-order valence-corrected chi connectivity index (χ1v) is 15.2. The number of carbonyl (C=O) groups excluding carboxylic acids is 2. The van der Waals surface area contributed by atoms with Gasteiger partial charge in [-0.15, -0.1) is 0 Å². The summed E-state index contributed by atoms with van der Waals surface area (Å²) in [7, 11) is 0. The van der Waals surface area contributed by atoms with Gasteiger partial charge < -0.3 is 29.9 Å². The summed E-state index contributed by atoms with van der Waals surface area (Å²) < 4.78 is 10.4. The number of aliphatic hydroxyl groups is 4. The van der Waals surface area contributed by atoms with Gasteiger partial charge in [-0.25, -0.2) is 0 Å². The second-order valence-corrected chi connectivity index (χ2v) is 10.8. The fourth-order valence-electron chi connectivity index (χ4n) is 4.90. The van der Waals surface area contributed by atoms with Crippen LogP contribution in [0.5, 0.6) is 0 Å². The van der Waals surface area contributed by atoms with E-state index in [2.05, 4.69) is 13.8 Å². The van der Waals surface area contributed by atoms with E-state index >= 15 is 0 Å². The molecule has 8 heteroatoms. The third-order valence-electron chi connectivity index (χ3n) is 7.32. The summed E-state index contributed by atoms with van der Waals surface area (Å²) in [6.45, 7) is 3.70. The Kier molecular flexibility index (Phi) is 19.9. The molecule has 0 spiro atoms. The minimum atomic E-state index is -0.859. The van der Waals surface area contributed by atoms with Crippen molar-refractivity contribution in [1.82, 2.24) is 0 Å². The monoisotopic (exact) mass is 554 g/mol. The highest BCUT2D eigenvalue weighted by Gasteiger charge is 2.39. The fraction of sp³-hybridized carbons (Fsp3) is 0.806. The molecule has 0 saturated heterocycles. The van der Waals surface area contributed by atoms with E-state index < -0.39 is 37.0 Å². The molecule has 226 valence electrons. The van der Waals surface area contributed by atoms with Crippen molar-refractivity contribution in [2.45, 2.75) is 135 Å². The number of aliphatic hydroxyl groups excluding tert-OH is 4. The average Bonchev–Trinajstić information content (AvgIpc) is 3.18. The smallest absolute Gasteiger partial charge is 0.306 e. The van der Waals surface area contributed by atoms with E-state index in [4.69, 9.17) is 9.47 Å². The van der Waals surface area contributed by atoms with Gasteiger partial charge in [-0.2, -0.15) is 0 Å². The number of allylic oxidation sites excluding steroid dienone is 2. The second kappa shape index (κ2) is 22.0. The molecule has 0 unspecified atom stereocenters. The maximum Gasteiger partial charge on any atom is 0.306 e. The Bertz CT molecular complexity index is 707. The Hall–Kier alpha value is -1.74. The molecule has 8 nitrogen and oxygen atoms in total. The summed E-state index contributed by atoms with van der Waals surface area (Å²) in [6, 6.07) is 0. The molecule has 1 aliphatic rings. The molecule has 1 aliphatic carbocycles. The largest absolute Gasteiger partial charge is 0.462 e. The molecule has 0 aromatic carbocycles. The molecule has 1 saturated carbocycles. The highest BCUT2D eigenvalue weighted by Crippen LogP contribution is 2.36. The van der Waals surface area contributed by atoms with Crippen LogP contribution in [0, 0.1) is 11.8 Å². The van der Waals surface area contributed by atoms with E-state index in [0.717, 1.165) is 51.4 Å². The number of carbonyl (C=O) groups is 2. The van der Waals surface area contributed by atoms with Crippen LogP contribution in [0.15, 0.2) is 24.3 Å². The highest BCUT2D eigenvalue weighted by molar-refractivity contribution is 5.70. The topological polar surface area (TPSA) is 134 Å². The highest BCUT2D eigenvalue weighted by atomic mass is 16.6. The predicted molar refractivity (Wildman–Crippen MR) is 152 cm³/mol. The minimum absolute atomic E-state index is 0.121. The zero-order chi connectivity index (χ0) is 28.9. The van der Waals surface area contributed by atoms with Crippen molar-refractivity contribution in [1.29, 1.82) is 0 Å². The van der Waals surface area contributed by atoms with Gasteiger partial charge in [0.2, 0.25) is 0 Å². The molecule has 39 heavy (non-hydrogen) atoms. The molecular weight excluding hydrogens is 500 g/mol. The Morgan fingerprint density at radius 3 is 2.31 bits per heavy atom. The summed E-state index contributed by atoms with van der Waals surface area (Å²) in [5.41, 5.74) is 0. The van der Waals surface area contributed by atoms with Gasteiger partial charge in [-0.3, -0.25) is 9.59 Å². The van der Waals surface area contributed by atoms with Gasteiger partial charge >= 0.3 is 11.9 Å². The van der Waals surface area contributed by atoms with E-state index in [-0.39, 0.29) is 30.8 Å². The first-order chi connectivity index (χ1) is 18.8. The number of esters is 2.